The molecule has 6 heteroatoms. The van der Waals surface area contributed by atoms with Crippen LogP contribution in [0, 0.1) is 12.7 Å². The van der Waals surface area contributed by atoms with E-state index in [-0.39, 0.29) is 30.1 Å². The molecule has 2 amide bonds. The molecule has 1 atom stereocenters. The summed E-state index contributed by atoms with van der Waals surface area (Å²) in [5.74, 6) is -0.786. The van der Waals surface area contributed by atoms with Gasteiger partial charge in [0.15, 0.2) is 0 Å². The van der Waals surface area contributed by atoms with E-state index in [1.807, 2.05) is 48.7 Å². The molecular formula is C26H27FN2O2S. The summed E-state index contributed by atoms with van der Waals surface area (Å²) in [4.78, 5) is 29.7. The predicted molar refractivity (Wildman–Crippen MR) is 126 cm³/mol. The molecule has 1 saturated carbocycles. The summed E-state index contributed by atoms with van der Waals surface area (Å²) in [6.07, 6.45) is 4.25. The molecule has 1 aliphatic carbocycles. The largest absolute Gasteiger partial charge is 0.351 e. The number of carbonyl (C=O) groups is 2. The second-order valence-corrected chi connectivity index (χ2v) is 9.33. The number of halogens is 1. The Balaban J connectivity index is 1.74. The number of hydrogen-bond donors (Lipinski definition) is 1. The first-order valence-electron chi connectivity index (χ1n) is 11.0. The van der Waals surface area contributed by atoms with Crippen LogP contribution in [0.2, 0.25) is 0 Å². The van der Waals surface area contributed by atoms with Crippen molar-refractivity contribution in [2.24, 2.45) is 0 Å². The van der Waals surface area contributed by atoms with Gasteiger partial charge in [-0.3, -0.25) is 14.5 Å². The van der Waals surface area contributed by atoms with Crippen molar-refractivity contribution < 1.29 is 14.0 Å². The topological polar surface area (TPSA) is 49.4 Å². The van der Waals surface area contributed by atoms with Crippen LogP contribution in [-0.4, -0.2) is 17.9 Å². The van der Waals surface area contributed by atoms with Gasteiger partial charge in [-0.05, 0) is 61.0 Å². The Labute approximate surface area is 192 Å². The minimum atomic E-state index is -0.883. The Hall–Kier alpha value is -2.99. The van der Waals surface area contributed by atoms with E-state index in [4.69, 9.17) is 0 Å². The van der Waals surface area contributed by atoms with E-state index >= 15 is 0 Å². The molecule has 0 aliphatic heterocycles. The number of anilines is 1. The number of hydrogen-bond acceptors (Lipinski definition) is 3. The van der Waals surface area contributed by atoms with Crippen LogP contribution in [0.15, 0.2) is 66.0 Å². The zero-order valence-electron chi connectivity index (χ0n) is 18.1. The number of nitrogens with one attached hydrogen (secondary N) is 1. The van der Waals surface area contributed by atoms with E-state index in [1.54, 1.807) is 17.0 Å². The molecule has 32 heavy (non-hydrogen) atoms. The normalized spacial score (nSPS) is 14.8. The summed E-state index contributed by atoms with van der Waals surface area (Å²) in [7, 11) is 0. The number of carbonyl (C=O) groups excluding carboxylic acids is 2. The fourth-order valence-corrected chi connectivity index (χ4v) is 4.90. The van der Waals surface area contributed by atoms with Gasteiger partial charge in [-0.1, -0.05) is 48.7 Å². The third-order valence-corrected chi connectivity index (χ3v) is 6.76. The Morgan fingerprint density at radius 1 is 1.06 bits per heavy atom. The molecule has 1 N–H and O–H groups in total. The first-order chi connectivity index (χ1) is 15.5. The van der Waals surface area contributed by atoms with E-state index in [1.165, 1.54) is 23.5 Å². The highest BCUT2D eigenvalue weighted by atomic mass is 32.1. The lowest BCUT2D eigenvalue weighted by molar-refractivity contribution is -0.127. The molecule has 1 fully saturated rings. The smallest absolute Gasteiger partial charge is 0.248 e. The third kappa shape index (κ3) is 5.25. The molecule has 0 radical (unpaired) electrons. The highest BCUT2D eigenvalue weighted by molar-refractivity contribution is 7.10. The van der Waals surface area contributed by atoms with Gasteiger partial charge in [-0.15, -0.1) is 11.3 Å². The van der Waals surface area contributed by atoms with Gasteiger partial charge in [0.2, 0.25) is 11.8 Å². The lowest BCUT2D eigenvalue weighted by Crippen LogP contribution is -2.46. The van der Waals surface area contributed by atoms with Crippen molar-refractivity contribution in [2.45, 2.75) is 51.1 Å². The zero-order chi connectivity index (χ0) is 22.5. The highest BCUT2D eigenvalue weighted by Crippen LogP contribution is 2.31. The SMILES string of the molecule is Cc1ccc(N(C(=O)Cc2cccs2)[C@H](C(=O)NC2CCCC2)c2ccc(F)cc2)cc1. The molecule has 3 aromatic rings. The van der Waals surface area contributed by atoms with E-state index in [0.717, 1.165) is 36.1 Å². The summed E-state index contributed by atoms with van der Waals surface area (Å²) < 4.78 is 13.7. The van der Waals surface area contributed by atoms with E-state index < -0.39 is 6.04 Å². The lowest BCUT2D eigenvalue weighted by Gasteiger charge is -2.32. The monoisotopic (exact) mass is 450 g/mol. The molecule has 4 nitrogen and oxygen atoms in total. The number of nitrogens with zero attached hydrogens (tertiary/aromatic N) is 1. The summed E-state index contributed by atoms with van der Waals surface area (Å²) in [6.45, 7) is 1.98. The maximum atomic E-state index is 13.7. The molecule has 2 aromatic carbocycles. The Morgan fingerprint density at radius 2 is 1.75 bits per heavy atom. The van der Waals surface area contributed by atoms with Crippen LogP contribution < -0.4 is 10.2 Å². The third-order valence-electron chi connectivity index (χ3n) is 5.88. The number of thiophene rings is 1. The average Bonchev–Trinajstić information content (AvgIpc) is 3.48. The van der Waals surface area contributed by atoms with Gasteiger partial charge >= 0.3 is 0 Å². The zero-order valence-corrected chi connectivity index (χ0v) is 18.9. The number of aryl methyl sites for hydroxylation is 1. The van der Waals surface area contributed by atoms with Crippen LogP contribution in [0.5, 0.6) is 0 Å². The van der Waals surface area contributed by atoms with E-state index in [9.17, 15) is 14.0 Å². The van der Waals surface area contributed by atoms with Crippen LogP contribution in [0.1, 0.15) is 47.7 Å². The van der Waals surface area contributed by atoms with Gasteiger partial charge in [0.05, 0.1) is 6.42 Å². The highest BCUT2D eigenvalue weighted by Gasteiger charge is 2.34. The molecule has 0 saturated heterocycles. The van der Waals surface area contributed by atoms with Gasteiger partial charge in [0.1, 0.15) is 11.9 Å². The van der Waals surface area contributed by atoms with Gasteiger partial charge < -0.3 is 5.32 Å². The minimum Gasteiger partial charge on any atom is -0.351 e. The van der Waals surface area contributed by atoms with E-state index in [2.05, 4.69) is 5.32 Å². The number of benzene rings is 2. The first-order valence-corrected chi connectivity index (χ1v) is 11.9. The number of amides is 2. The van der Waals surface area contributed by atoms with Crippen molar-refractivity contribution in [3.63, 3.8) is 0 Å². The van der Waals surface area contributed by atoms with Crippen LogP contribution in [0.3, 0.4) is 0 Å². The average molecular weight is 451 g/mol. The van der Waals surface area contributed by atoms with Gasteiger partial charge in [0, 0.05) is 16.6 Å². The van der Waals surface area contributed by atoms with Crippen LogP contribution in [0.25, 0.3) is 0 Å². The minimum absolute atomic E-state index is 0.109. The second-order valence-electron chi connectivity index (χ2n) is 8.30. The van der Waals surface area contributed by atoms with Crippen LogP contribution in [0.4, 0.5) is 10.1 Å². The fourth-order valence-electron chi connectivity index (χ4n) is 4.20. The maximum absolute atomic E-state index is 13.7. The summed E-state index contributed by atoms with van der Waals surface area (Å²) in [5, 5.41) is 5.08. The van der Waals surface area contributed by atoms with Crippen molar-refractivity contribution in [1.82, 2.24) is 5.32 Å². The molecule has 1 aromatic heterocycles. The maximum Gasteiger partial charge on any atom is 0.248 e. The summed E-state index contributed by atoms with van der Waals surface area (Å²) in [5.41, 5.74) is 2.29. The Morgan fingerprint density at radius 3 is 2.38 bits per heavy atom. The van der Waals surface area contributed by atoms with Gasteiger partial charge in [-0.2, -0.15) is 0 Å². The molecule has 0 bridgehead atoms. The van der Waals surface area contributed by atoms with E-state index in [0.29, 0.717) is 11.3 Å². The van der Waals surface area contributed by atoms with Crippen molar-refractivity contribution >= 4 is 28.8 Å². The molecule has 0 unspecified atom stereocenters. The fraction of sp³-hybridized carbons (Fsp3) is 0.308. The second kappa shape index (κ2) is 10.1. The molecular weight excluding hydrogens is 423 g/mol. The standard InChI is InChI=1S/C26H27FN2O2S/c1-18-8-14-22(15-9-18)29(24(30)17-23-7-4-16-32-23)25(19-10-12-20(27)13-11-19)26(31)28-21-5-2-3-6-21/h4,7-16,21,25H,2-3,5-6,17H2,1H3,(H,28,31)/t25-/m0/s1. The molecule has 1 heterocycles. The van der Waals surface area contributed by atoms with Crippen molar-refractivity contribution in [3.05, 3.63) is 87.9 Å². The Bertz CT molecular complexity index is 1040. The molecule has 1 aliphatic rings. The summed E-state index contributed by atoms with van der Waals surface area (Å²) in [6, 6.07) is 16.5. The quantitative estimate of drug-likeness (QED) is 0.511. The van der Waals surface area contributed by atoms with Gasteiger partial charge in [0.25, 0.3) is 0 Å². The summed E-state index contributed by atoms with van der Waals surface area (Å²) >= 11 is 1.51. The van der Waals surface area contributed by atoms with Gasteiger partial charge in [-0.25, -0.2) is 4.39 Å². The molecule has 4 rings (SSSR count). The molecule has 166 valence electrons. The number of rotatable bonds is 7. The predicted octanol–water partition coefficient (Wildman–Crippen LogP) is 5.57. The van der Waals surface area contributed by atoms with Crippen LogP contribution >= 0.6 is 11.3 Å². The first kappa shape index (κ1) is 22.2. The van der Waals surface area contributed by atoms with Crippen molar-refractivity contribution in [2.75, 3.05) is 4.90 Å². The Kier molecular flexibility index (Phi) is 7.00. The van der Waals surface area contributed by atoms with Crippen molar-refractivity contribution in [1.29, 1.82) is 0 Å². The van der Waals surface area contributed by atoms with Crippen LogP contribution in [-0.2, 0) is 16.0 Å². The molecule has 0 spiro atoms. The lowest BCUT2D eigenvalue weighted by atomic mass is 10.0. The van der Waals surface area contributed by atoms with Crippen molar-refractivity contribution in [3.8, 4) is 0 Å².